The molecule has 0 aliphatic heterocycles. The molecule has 5 aromatic rings. The van der Waals surface area contributed by atoms with E-state index in [0.29, 0.717) is 22.6 Å². The monoisotopic (exact) mass is 451 g/mol. The fraction of sp³-hybridized carbons (Fsp3) is 0.238. The smallest absolute Gasteiger partial charge is 0.226 e. The standard InChI is InChI=1S/C16H18ClN5O.C5H4N4/c1-10(2)22-9-18-13-14(20-16(17)21-15(13)22)19-12(8-23)11-6-4-3-5-7-11;1-4-5(8-2-6-1)9-3-7-4/h3-7,9-10,12,23H,8H2,1-2H3,(H,19,20,21);1-3H,(H,6,7,8,9)/t12-;/m1./s1. The zero-order valence-corrected chi connectivity index (χ0v) is 18.3. The Morgan fingerprint density at radius 3 is 2.66 bits per heavy atom. The molecule has 0 saturated carbocycles. The highest BCUT2D eigenvalue weighted by molar-refractivity contribution is 6.28. The molecular weight excluding hydrogens is 430 g/mol. The van der Waals surface area contributed by atoms with Crippen molar-refractivity contribution >= 4 is 39.7 Å². The number of halogens is 1. The maximum atomic E-state index is 9.71. The van der Waals surface area contributed by atoms with Crippen LogP contribution in [0.15, 0.2) is 55.5 Å². The van der Waals surface area contributed by atoms with E-state index >= 15 is 0 Å². The van der Waals surface area contributed by atoms with E-state index in [1.807, 2.05) is 48.7 Å². The van der Waals surface area contributed by atoms with Crippen molar-refractivity contribution in [2.24, 2.45) is 0 Å². The number of aliphatic hydroxyl groups is 1. The molecule has 1 aromatic carbocycles. The highest BCUT2D eigenvalue weighted by Gasteiger charge is 2.17. The number of imidazole rings is 2. The van der Waals surface area contributed by atoms with Crippen molar-refractivity contribution in [3.63, 3.8) is 0 Å². The molecule has 0 radical (unpaired) electrons. The summed E-state index contributed by atoms with van der Waals surface area (Å²) < 4.78 is 1.94. The largest absolute Gasteiger partial charge is 0.394 e. The Morgan fingerprint density at radius 2 is 1.94 bits per heavy atom. The van der Waals surface area contributed by atoms with E-state index in [1.54, 1.807) is 18.9 Å². The quantitative estimate of drug-likeness (QED) is 0.346. The van der Waals surface area contributed by atoms with Crippen LogP contribution in [0.4, 0.5) is 5.82 Å². The molecule has 0 fully saturated rings. The van der Waals surface area contributed by atoms with Crippen molar-refractivity contribution in [1.82, 2.24) is 39.5 Å². The van der Waals surface area contributed by atoms with Crippen LogP contribution in [0.25, 0.3) is 22.3 Å². The molecule has 1 atom stereocenters. The first-order chi connectivity index (χ1) is 15.6. The number of H-pyrrole nitrogens is 1. The Kier molecular flexibility index (Phi) is 6.52. The van der Waals surface area contributed by atoms with Gasteiger partial charge in [-0.1, -0.05) is 30.3 Å². The zero-order chi connectivity index (χ0) is 22.5. The molecule has 4 aromatic heterocycles. The topological polar surface area (TPSA) is 130 Å². The van der Waals surface area contributed by atoms with Gasteiger partial charge >= 0.3 is 0 Å². The van der Waals surface area contributed by atoms with E-state index in [4.69, 9.17) is 11.6 Å². The Hall–Kier alpha value is -3.63. The summed E-state index contributed by atoms with van der Waals surface area (Å²) in [6, 6.07) is 9.59. The SMILES string of the molecule is CC(C)n1cnc2c(N[C@H](CO)c3ccccc3)nc(Cl)nc21.c1ncc2[nH]cnc2n1. The van der Waals surface area contributed by atoms with Gasteiger partial charge in [0, 0.05) is 6.04 Å². The van der Waals surface area contributed by atoms with Crippen LogP contribution in [0.5, 0.6) is 0 Å². The Morgan fingerprint density at radius 1 is 1.12 bits per heavy atom. The molecule has 0 spiro atoms. The molecule has 10 nitrogen and oxygen atoms in total. The summed E-state index contributed by atoms with van der Waals surface area (Å²) >= 11 is 6.06. The van der Waals surface area contributed by atoms with E-state index in [1.165, 1.54) is 6.33 Å². The maximum Gasteiger partial charge on any atom is 0.226 e. The minimum Gasteiger partial charge on any atom is -0.394 e. The Bertz CT molecular complexity index is 1270. The molecule has 32 heavy (non-hydrogen) atoms. The summed E-state index contributed by atoms with van der Waals surface area (Å²) in [7, 11) is 0. The summed E-state index contributed by atoms with van der Waals surface area (Å²) in [4.78, 5) is 27.4. The third-order valence-corrected chi connectivity index (χ3v) is 4.91. The Labute approximate surface area is 188 Å². The number of aliphatic hydroxyl groups excluding tert-OH is 1. The van der Waals surface area contributed by atoms with Gasteiger partial charge in [0.25, 0.3) is 0 Å². The van der Waals surface area contributed by atoms with Gasteiger partial charge in [-0.25, -0.2) is 19.9 Å². The molecule has 11 heteroatoms. The third kappa shape index (κ3) is 4.66. The van der Waals surface area contributed by atoms with Gasteiger partial charge in [0.1, 0.15) is 11.8 Å². The minimum absolute atomic E-state index is 0.0714. The number of fused-ring (bicyclic) bond motifs is 2. The number of aromatic amines is 1. The van der Waals surface area contributed by atoms with Crippen LogP contribution in [0.1, 0.15) is 31.5 Å². The fourth-order valence-corrected chi connectivity index (χ4v) is 3.31. The second-order valence-corrected chi connectivity index (χ2v) is 7.55. The number of hydrogen-bond acceptors (Lipinski definition) is 8. The summed E-state index contributed by atoms with van der Waals surface area (Å²) in [5, 5.41) is 13.1. The van der Waals surface area contributed by atoms with Gasteiger partial charge < -0.3 is 20.0 Å². The van der Waals surface area contributed by atoms with Gasteiger partial charge in [0.05, 0.1) is 31.5 Å². The Balaban J connectivity index is 0.000000225. The number of nitrogens with one attached hydrogen (secondary N) is 2. The van der Waals surface area contributed by atoms with Gasteiger partial charge in [0.2, 0.25) is 5.28 Å². The van der Waals surface area contributed by atoms with E-state index < -0.39 is 0 Å². The predicted molar refractivity (Wildman–Crippen MR) is 122 cm³/mol. The van der Waals surface area contributed by atoms with Crippen LogP contribution >= 0.6 is 11.6 Å². The second kappa shape index (κ2) is 9.67. The fourth-order valence-electron chi connectivity index (χ4n) is 3.14. The first kappa shape index (κ1) is 21.6. The molecule has 0 aliphatic carbocycles. The molecule has 164 valence electrons. The zero-order valence-electron chi connectivity index (χ0n) is 17.5. The van der Waals surface area contributed by atoms with Gasteiger partial charge in [-0.15, -0.1) is 0 Å². The lowest BCUT2D eigenvalue weighted by atomic mass is 10.1. The number of anilines is 1. The number of benzene rings is 1. The predicted octanol–water partition coefficient (Wildman–Crippen LogP) is 3.56. The van der Waals surface area contributed by atoms with E-state index in [9.17, 15) is 5.11 Å². The van der Waals surface area contributed by atoms with Crippen LogP contribution < -0.4 is 5.32 Å². The van der Waals surface area contributed by atoms with E-state index in [2.05, 4.69) is 40.2 Å². The van der Waals surface area contributed by atoms with Crippen molar-refractivity contribution in [2.75, 3.05) is 11.9 Å². The number of aromatic nitrogens is 8. The number of nitrogens with zero attached hydrogens (tertiary/aromatic N) is 7. The van der Waals surface area contributed by atoms with Crippen molar-refractivity contribution in [3.05, 3.63) is 66.4 Å². The highest BCUT2D eigenvalue weighted by Crippen LogP contribution is 2.26. The summed E-state index contributed by atoms with van der Waals surface area (Å²) in [5.41, 5.74) is 3.86. The van der Waals surface area contributed by atoms with Gasteiger partial charge in [0.15, 0.2) is 22.6 Å². The third-order valence-electron chi connectivity index (χ3n) is 4.74. The van der Waals surface area contributed by atoms with Crippen molar-refractivity contribution in [3.8, 4) is 0 Å². The lowest BCUT2D eigenvalue weighted by Gasteiger charge is -2.17. The van der Waals surface area contributed by atoms with E-state index in [-0.39, 0.29) is 24.0 Å². The lowest BCUT2D eigenvalue weighted by molar-refractivity contribution is 0.276. The van der Waals surface area contributed by atoms with Gasteiger partial charge in [-0.2, -0.15) is 9.97 Å². The molecule has 0 aliphatic rings. The summed E-state index contributed by atoms with van der Waals surface area (Å²) in [6.45, 7) is 4.02. The van der Waals surface area contributed by atoms with E-state index in [0.717, 1.165) is 11.1 Å². The number of rotatable bonds is 5. The molecule has 3 N–H and O–H groups in total. The second-order valence-electron chi connectivity index (χ2n) is 7.21. The lowest BCUT2D eigenvalue weighted by Crippen LogP contribution is -2.16. The molecule has 4 heterocycles. The van der Waals surface area contributed by atoms with Crippen LogP contribution in [0, 0.1) is 0 Å². The van der Waals surface area contributed by atoms with Crippen LogP contribution in [-0.4, -0.2) is 51.2 Å². The normalized spacial score (nSPS) is 12.0. The van der Waals surface area contributed by atoms with Gasteiger partial charge in [-0.05, 0) is 31.0 Å². The van der Waals surface area contributed by atoms with Crippen LogP contribution in [0.2, 0.25) is 5.28 Å². The molecule has 0 bridgehead atoms. The van der Waals surface area contributed by atoms with Crippen LogP contribution in [0.3, 0.4) is 0 Å². The summed E-state index contributed by atoms with van der Waals surface area (Å²) in [6.07, 6.45) is 6.49. The first-order valence-electron chi connectivity index (χ1n) is 9.98. The highest BCUT2D eigenvalue weighted by atomic mass is 35.5. The van der Waals surface area contributed by atoms with Crippen molar-refractivity contribution in [1.29, 1.82) is 0 Å². The average Bonchev–Trinajstić information content (AvgIpc) is 3.45. The summed E-state index contributed by atoms with van der Waals surface area (Å²) in [5.74, 6) is 0.516. The first-order valence-corrected chi connectivity index (χ1v) is 10.4. The maximum absolute atomic E-state index is 9.71. The average molecular weight is 452 g/mol. The molecule has 0 unspecified atom stereocenters. The van der Waals surface area contributed by atoms with Gasteiger partial charge in [-0.3, -0.25) is 0 Å². The van der Waals surface area contributed by atoms with Crippen molar-refractivity contribution < 1.29 is 5.11 Å². The van der Waals surface area contributed by atoms with Crippen LogP contribution in [-0.2, 0) is 0 Å². The molecule has 0 saturated heterocycles. The molecule has 5 rings (SSSR count). The molecular formula is C21H22ClN9O. The minimum atomic E-state index is -0.297. The van der Waals surface area contributed by atoms with Crippen molar-refractivity contribution in [2.45, 2.75) is 25.9 Å². The molecule has 0 amide bonds. The number of hydrogen-bond donors (Lipinski definition) is 3.